The Kier molecular flexibility index (Phi) is 6.26. The van der Waals surface area contributed by atoms with Crippen molar-refractivity contribution in [3.05, 3.63) is 17.5 Å². The summed E-state index contributed by atoms with van der Waals surface area (Å²) in [6, 6.07) is 1.94. The van der Waals surface area contributed by atoms with E-state index < -0.39 is 0 Å². The Labute approximate surface area is 144 Å². The van der Waals surface area contributed by atoms with Gasteiger partial charge in [-0.1, -0.05) is 19.3 Å². The molecule has 1 amide bonds. The van der Waals surface area contributed by atoms with Crippen LogP contribution in [0.25, 0.3) is 0 Å². The van der Waals surface area contributed by atoms with Crippen LogP contribution in [0.5, 0.6) is 0 Å². The van der Waals surface area contributed by atoms with E-state index in [0.717, 1.165) is 38.2 Å². The van der Waals surface area contributed by atoms with Crippen LogP contribution in [0.2, 0.25) is 0 Å². The molecule has 1 aromatic heterocycles. The van der Waals surface area contributed by atoms with Crippen LogP contribution in [0.3, 0.4) is 0 Å². The highest BCUT2D eigenvalue weighted by molar-refractivity contribution is 5.92. The number of carbonyl (C=O) groups excluding carboxylic acids is 1. The van der Waals surface area contributed by atoms with E-state index in [-0.39, 0.29) is 5.91 Å². The van der Waals surface area contributed by atoms with Crippen molar-refractivity contribution in [3.63, 3.8) is 0 Å². The van der Waals surface area contributed by atoms with Crippen LogP contribution in [0.15, 0.2) is 6.07 Å². The fourth-order valence-electron chi connectivity index (χ4n) is 3.86. The van der Waals surface area contributed by atoms with Crippen molar-refractivity contribution in [1.82, 2.24) is 20.4 Å². The van der Waals surface area contributed by atoms with Gasteiger partial charge in [0.1, 0.15) is 5.69 Å². The molecule has 0 spiro atoms. The highest BCUT2D eigenvalue weighted by Crippen LogP contribution is 2.31. The molecule has 0 aromatic carbocycles. The third-order valence-electron chi connectivity index (χ3n) is 5.46. The third-order valence-corrected chi connectivity index (χ3v) is 5.46. The van der Waals surface area contributed by atoms with Gasteiger partial charge in [0.05, 0.1) is 6.10 Å². The number of carbonyl (C=O) groups is 1. The summed E-state index contributed by atoms with van der Waals surface area (Å²) in [7, 11) is 1.78. The fraction of sp³-hybridized carbons (Fsp3) is 0.778. The molecule has 0 atom stereocenters. The van der Waals surface area contributed by atoms with Crippen molar-refractivity contribution in [2.24, 2.45) is 0 Å². The molecule has 2 N–H and O–H groups in total. The number of aromatic amines is 1. The molecule has 2 heterocycles. The highest BCUT2D eigenvalue weighted by Gasteiger charge is 2.20. The molecule has 1 aromatic rings. The molecular weight excluding hydrogens is 304 g/mol. The minimum absolute atomic E-state index is 0.0694. The molecule has 3 rings (SSSR count). The normalized spacial score (nSPS) is 21.0. The zero-order valence-corrected chi connectivity index (χ0v) is 14.7. The standard InChI is InChI=1S/C18H30N4O2/c1-24-15-7-10-22(11-8-15)12-9-19-18(23)17-13-16(20-21-17)14-5-3-2-4-6-14/h13-15H,2-12H2,1H3,(H,19,23)(H,20,21). The largest absolute Gasteiger partial charge is 0.381 e. The number of hydrogen-bond acceptors (Lipinski definition) is 4. The van der Waals surface area contributed by atoms with E-state index in [1.165, 1.54) is 32.1 Å². The van der Waals surface area contributed by atoms with Gasteiger partial charge in [0.2, 0.25) is 0 Å². The molecule has 0 radical (unpaired) electrons. The monoisotopic (exact) mass is 334 g/mol. The van der Waals surface area contributed by atoms with Gasteiger partial charge in [0.25, 0.3) is 5.91 Å². The molecule has 0 unspecified atom stereocenters. The summed E-state index contributed by atoms with van der Waals surface area (Å²) < 4.78 is 5.38. The van der Waals surface area contributed by atoms with Gasteiger partial charge in [0.15, 0.2) is 0 Å². The minimum atomic E-state index is -0.0694. The third kappa shape index (κ3) is 4.57. The zero-order valence-electron chi connectivity index (χ0n) is 14.7. The van der Waals surface area contributed by atoms with E-state index >= 15 is 0 Å². The van der Waals surface area contributed by atoms with Crippen LogP contribution in [0.1, 0.15) is 67.0 Å². The van der Waals surface area contributed by atoms with E-state index in [1.807, 2.05) is 6.07 Å². The second kappa shape index (κ2) is 8.62. The molecule has 2 aliphatic rings. The van der Waals surface area contributed by atoms with Gasteiger partial charge in [-0.15, -0.1) is 0 Å². The minimum Gasteiger partial charge on any atom is -0.381 e. The Morgan fingerprint density at radius 2 is 2.04 bits per heavy atom. The number of nitrogens with one attached hydrogen (secondary N) is 2. The fourth-order valence-corrected chi connectivity index (χ4v) is 3.86. The van der Waals surface area contributed by atoms with Gasteiger partial charge in [0, 0.05) is 44.9 Å². The quantitative estimate of drug-likeness (QED) is 0.837. The van der Waals surface area contributed by atoms with Crippen molar-refractivity contribution in [3.8, 4) is 0 Å². The van der Waals surface area contributed by atoms with Crippen LogP contribution < -0.4 is 5.32 Å². The summed E-state index contributed by atoms with van der Waals surface area (Å²) in [5.41, 5.74) is 1.65. The molecule has 134 valence electrons. The van der Waals surface area contributed by atoms with Crippen molar-refractivity contribution >= 4 is 5.91 Å². The van der Waals surface area contributed by atoms with Gasteiger partial charge < -0.3 is 15.0 Å². The molecular formula is C18H30N4O2. The number of rotatable bonds is 6. The molecule has 1 saturated carbocycles. The second-order valence-electron chi connectivity index (χ2n) is 7.08. The van der Waals surface area contributed by atoms with Crippen molar-refractivity contribution < 1.29 is 9.53 Å². The number of amides is 1. The van der Waals surface area contributed by atoms with Crippen LogP contribution in [0.4, 0.5) is 0 Å². The van der Waals surface area contributed by atoms with Crippen LogP contribution in [-0.4, -0.2) is 60.4 Å². The van der Waals surface area contributed by atoms with Gasteiger partial charge in [-0.25, -0.2) is 0 Å². The number of likely N-dealkylation sites (tertiary alicyclic amines) is 1. The maximum atomic E-state index is 12.2. The summed E-state index contributed by atoms with van der Waals surface area (Å²) in [5.74, 6) is 0.481. The smallest absolute Gasteiger partial charge is 0.271 e. The number of H-pyrrole nitrogens is 1. The molecule has 1 aliphatic carbocycles. The highest BCUT2D eigenvalue weighted by atomic mass is 16.5. The van der Waals surface area contributed by atoms with Gasteiger partial charge in [-0.05, 0) is 31.7 Å². The Hall–Kier alpha value is -1.40. The lowest BCUT2D eigenvalue weighted by Crippen LogP contribution is -2.41. The summed E-state index contributed by atoms with van der Waals surface area (Å²) >= 11 is 0. The number of nitrogens with zero attached hydrogens (tertiary/aromatic N) is 2. The average Bonchev–Trinajstić information content (AvgIpc) is 3.13. The number of ether oxygens (including phenoxy) is 1. The molecule has 6 heteroatoms. The van der Waals surface area contributed by atoms with Gasteiger partial charge >= 0.3 is 0 Å². The molecule has 1 aliphatic heterocycles. The number of methoxy groups -OCH3 is 1. The zero-order chi connectivity index (χ0) is 16.8. The molecule has 2 fully saturated rings. The summed E-state index contributed by atoms with van der Waals surface area (Å²) in [6.45, 7) is 3.65. The maximum Gasteiger partial charge on any atom is 0.271 e. The van der Waals surface area contributed by atoms with E-state index in [0.29, 0.717) is 24.3 Å². The number of piperidine rings is 1. The molecule has 24 heavy (non-hydrogen) atoms. The van der Waals surface area contributed by atoms with E-state index in [2.05, 4.69) is 20.4 Å². The summed E-state index contributed by atoms with van der Waals surface area (Å²) in [5, 5.41) is 10.3. The van der Waals surface area contributed by atoms with Crippen LogP contribution >= 0.6 is 0 Å². The predicted molar refractivity (Wildman–Crippen MR) is 93.2 cm³/mol. The van der Waals surface area contributed by atoms with Gasteiger partial charge in [-0.3, -0.25) is 9.89 Å². The first-order chi connectivity index (χ1) is 11.8. The SMILES string of the molecule is COC1CCN(CCNC(=O)c2cc(C3CCCCC3)[nH]n2)CC1. The maximum absolute atomic E-state index is 12.2. The Morgan fingerprint density at radius 3 is 2.75 bits per heavy atom. The van der Waals surface area contributed by atoms with Crippen LogP contribution in [0, 0.1) is 0 Å². The van der Waals surface area contributed by atoms with Gasteiger partial charge in [-0.2, -0.15) is 5.10 Å². The first-order valence-electron chi connectivity index (χ1n) is 9.35. The first kappa shape index (κ1) is 17.4. The van der Waals surface area contributed by atoms with Crippen LogP contribution in [-0.2, 0) is 4.74 Å². The van der Waals surface area contributed by atoms with E-state index in [1.54, 1.807) is 7.11 Å². The van der Waals surface area contributed by atoms with E-state index in [9.17, 15) is 4.79 Å². The van der Waals surface area contributed by atoms with Crippen molar-refractivity contribution in [1.29, 1.82) is 0 Å². The average molecular weight is 334 g/mol. The summed E-state index contributed by atoms with van der Waals surface area (Å²) in [4.78, 5) is 14.6. The number of aromatic nitrogens is 2. The Bertz CT molecular complexity index is 517. The second-order valence-corrected chi connectivity index (χ2v) is 7.08. The molecule has 0 bridgehead atoms. The number of hydrogen-bond donors (Lipinski definition) is 2. The lowest BCUT2D eigenvalue weighted by molar-refractivity contribution is 0.0413. The molecule has 1 saturated heterocycles. The van der Waals surface area contributed by atoms with Crippen molar-refractivity contribution in [2.45, 2.75) is 57.0 Å². The lowest BCUT2D eigenvalue weighted by atomic mass is 9.87. The van der Waals surface area contributed by atoms with Crippen molar-refractivity contribution in [2.75, 3.05) is 33.3 Å². The van der Waals surface area contributed by atoms with E-state index in [4.69, 9.17) is 4.74 Å². The lowest BCUT2D eigenvalue weighted by Gasteiger charge is -2.31. The Balaban J connectivity index is 1.40. The predicted octanol–water partition coefficient (Wildman–Crippen LogP) is 2.30. The topological polar surface area (TPSA) is 70.2 Å². The first-order valence-corrected chi connectivity index (χ1v) is 9.35. The Morgan fingerprint density at radius 1 is 1.29 bits per heavy atom. The summed E-state index contributed by atoms with van der Waals surface area (Å²) in [6.07, 6.45) is 8.87. The molecule has 6 nitrogen and oxygen atoms in total.